The molecule has 1 aromatic rings. The maximum Gasteiger partial charge on any atom is 0.338 e. The van der Waals surface area contributed by atoms with E-state index in [4.69, 9.17) is 18.9 Å². The van der Waals surface area contributed by atoms with Crippen molar-refractivity contribution in [1.29, 1.82) is 0 Å². The highest BCUT2D eigenvalue weighted by atomic mass is 16.6. The quantitative estimate of drug-likeness (QED) is 0.628. The largest absolute Gasteiger partial charge is 0.462 e. The molecular formula is C25H36O6. The number of carbonyl (C=O) groups is 2. The van der Waals surface area contributed by atoms with Crippen LogP contribution in [-0.4, -0.2) is 49.6 Å². The van der Waals surface area contributed by atoms with Crippen LogP contribution in [0.15, 0.2) is 30.3 Å². The Bertz CT molecular complexity index is 705. The van der Waals surface area contributed by atoms with E-state index in [9.17, 15) is 9.59 Å². The van der Waals surface area contributed by atoms with Gasteiger partial charge in [0.2, 0.25) is 0 Å². The lowest BCUT2D eigenvalue weighted by molar-refractivity contribution is -0.162. The van der Waals surface area contributed by atoms with Crippen molar-refractivity contribution in [3.8, 4) is 0 Å². The predicted octanol–water partition coefficient (Wildman–Crippen LogP) is 4.70. The molecule has 0 N–H and O–H groups in total. The van der Waals surface area contributed by atoms with Gasteiger partial charge in [-0.15, -0.1) is 0 Å². The zero-order valence-corrected chi connectivity index (χ0v) is 19.0. The molecule has 172 valence electrons. The smallest absolute Gasteiger partial charge is 0.338 e. The first-order valence-corrected chi connectivity index (χ1v) is 11.6. The Balaban J connectivity index is 1.71. The highest BCUT2D eigenvalue weighted by molar-refractivity contribution is 5.89. The molecule has 0 aromatic heterocycles. The fourth-order valence-electron chi connectivity index (χ4n) is 4.78. The highest BCUT2D eigenvalue weighted by Gasteiger charge is 2.35. The van der Waals surface area contributed by atoms with Crippen molar-refractivity contribution in [2.45, 2.75) is 95.7 Å². The molecule has 0 radical (unpaired) electrons. The molecule has 2 fully saturated rings. The summed E-state index contributed by atoms with van der Waals surface area (Å²) in [5.74, 6) is -0.193. The molecule has 0 spiro atoms. The summed E-state index contributed by atoms with van der Waals surface area (Å²) in [6.07, 6.45) is 4.85. The molecule has 2 heterocycles. The summed E-state index contributed by atoms with van der Waals surface area (Å²) in [5, 5.41) is 0. The SMILES string of the molecule is CCC[C@H]1C[C@@H](OC)C[C@H](C)C[C@@H]2C[C@@H](OC(=O)c3ccccc3)C[C@H](CC(=O)O1)O2. The van der Waals surface area contributed by atoms with E-state index >= 15 is 0 Å². The molecule has 2 bridgehead atoms. The highest BCUT2D eigenvalue weighted by Crippen LogP contribution is 2.31. The van der Waals surface area contributed by atoms with E-state index < -0.39 is 0 Å². The van der Waals surface area contributed by atoms with Crippen LogP contribution in [0, 0.1) is 5.92 Å². The van der Waals surface area contributed by atoms with Crippen molar-refractivity contribution in [2.24, 2.45) is 5.92 Å². The average molecular weight is 433 g/mol. The number of methoxy groups -OCH3 is 1. The topological polar surface area (TPSA) is 71.1 Å². The van der Waals surface area contributed by atoms with Gasteiger partial charge in [-0.3, -0.25) is 4.79 Å². The lowest BCUT2D eigenvalue weighted by Gasteiger charge is -2.37. The van der Waals surface area contributed by atoms with E-state index in [0.717, 1.165) is 32.1 Å². The number of ether oxygens (including phenoxy) is 4. The van der Waals surface area contributed by atoms with Crippen molar-refractivity contribution in [1.82, 2.24) is 0 Å². The van der Waals surface area contributed by atoms with Crippen molar-refractivity contribution in [3.63, 3.8) is 0 Å². The Morgan fingerprint density at radius 1 is 1.03 bits per heavy atom. The summed E-state index contributed by atoms with van der Waals surface area (Å²) >= 11 is 0. The van der Waals surface area contributed by atoms with Gasteiger partial charge in [-0.25, -0.2) is 4.79 Å². The fourth-order valence-corrected chi connectivity index (χ4v) is 4.78. The van der Waals surface area contributed by atoms with E-state index in [2.05, 4.69) is 13.8 Å². The van der Waals surface area contributed by atoms with Crippen LogP contribution in [-0.2, 0) is 23.7 Å². The summed E-state index contributed by atoms with van der Waals surface area (Å²) in [6.45, 7) is 4.30. The summed E-state index contributed by atoms with van der Waals surface area (Å²) in [7, 11) is 1.72. The molecule has 0 saturated carbocycles. The van der Waals surface area contributed by atoms with Crippen LogP contribution in [0.1, 0.15) is 75.6 Å². The van der Waals surface area contributed by atoms with Gasteiger partial charge in [-0.05, 0) is 37.3 Å². The number of cyclic esters (lactones) is 1. The summed E-state index contributed by atoms with van der Waals surface area (Å²) in [5.41, 5.74) is 0.537. The molecule has 31 heavy (non-hydrogen) atoms. The van der Waals surface area contributed by atoms with Crippen molar-refractivity contribution in [3.05, 3.63) is 35.9 Å². The number of hydrogen-bond acceptors (Lipinski definition) is 6. The van der Waals surface area contributed by atoms with Crippen molar-refractivity contribution in [2.75, 3.05) is 7.11 Å². The second-order valence-corrected chi connectivity index (χ2v) is 9.02. The lowest BCUT2D eigenvalue weighted by atomic mass is 9.89. The molecule has 6 heteroatoms. The maximum absolute atomic E-state index is 12.6. The first-order valence-electron chi connectivity index (χ1n) is 11.6. The van der Waals surface area contributed by atoms with E-state index in [1.165, 1.54) is 0 Å². The third-order valence-corrected chi connectivity index (χ3v) is 6.21. The zero-order valence-electron chi connectivity index (χ0n) is 19.0. The molecule has 0 aliphatic carbocycles. The molecule has 6 nitrogen and oxygen atoms in total. The van der Waals surface area contributed by atoms with E-state index in [1.54, 1.807) is 19.2 Å². The number of rotatable bonds is 5. The van der Waals surface area contributed by atoms with Gasteiger partial charge in [-0.1, -0.05) is 38.5 Å². The molecule has 2 saturated heterocycles. The van der Waals surface area contributed by atoms with Gasteiger partial charge >= 0.3 is 11.9 Å². The van der Waals surface area contributed by atoms with Crippen molar-refractivity contribution < 1.29 is 28.5 Å². The zero-order chi connectivity index (χ0) is 22.2. The van der Waals surface area contributed by atoms with Gasteiger partial charge in [0.15, 0.2) is 0 Å². The van der Waals surface area contributed by atoms with Crippen LogP contribution in [0.25, 0.3) is 0 Å². The molecule has 1 aromatic carbocycles. The number of hydrogen-bond donors (Lipinski definition) is 0. The molecule has 0 unspecified atom stereocenters. The van der Waals surface area contributed by atoms with Gasteiger partial charge in [0.05, 0.1) is 30.3 Å². The van der Waals surface area contributed by atoms with Gasteiger partial charge in [0.25, 0.3) is 0 Å². The first kappa shape index (κ1) is 23.7. The second kappa shape index (κ2) is 11.6. The van der Waals surface area contributed by atoms with Gasteiger partial charge < -0.3 is 18.9 Å². The van der Waals surface area contributed by atoms with Gasteiger partial charge in [0, 0.05) is 26.4 Å². The van der Waals surface area contributed by atoms with E-state index in [1.807, 2.05) is 18.2 Å². The minimum absolute atomic E-state index is 0.0462. The van der Waals surface area contributed by atoms with E-state index in [-0.39, 0.29) is 48.9 Å². The Hall–Kier alpha value is -1.92. The third kappa shape index (κ3) is 7.32. The molecule has 3 rings (SSSR count). The van der Waals surface area contributed by atoms with E-state index in [0.29, 0.717) is 24.3 Å². The Morgan fingerprint density at radius 2 is 1.77 bits per heavy atom. The van der Waals surface area contributed by atoms with Gasteiger partial charge in [0.1, 0.15) is 12.2 Å². The summed E-state index contributed by atoms with van der Waals surface area (Å²) in [4.78, 5) is 25.2. The minimum Gasteiger partial charge on any atom is -0.462 e. The number of fused-ring (bicyclic) bond motifs is 2. The Labute approximate surface area is 185 Å². The number of benzene rings is 1. The standard InChI is InChI=1S/C25H36O6/c1-4-8-19-13-20(28-3)11-17(2)12-21-14-22(15-23(29-21)16-24(26)30-19)31-25(27)18-9-6-5-7-10-18/h5-7,9-10,17,19-23H,4,8,11-16H2,1-3H3/t17-,19-,20-,21+,22+,23+/m0/s1. The minimum atomic E-state index is -0.329. The normalized spacial score (nSPS) is 32.3. The molecule has 0 amide bonds. The van der Waals surface area contributed by atoms with Crippen LogP contribution in [0.3, 0.4) is 0 Å². The number of carbonyl (C=O) groups excluding carboxylic acids is 2. The molecule has 2 aliphatic rings. The summed E-state index contributed by atoms with van der Waals surface area (Å²) < 4.78 is 23.6. The predicted molar refractivity (Wildman–Crippen MR) is 117 cm³/mol. The maximum atomic E-state index is 12.6. The second-order valence-electron chi connectivity index (χ2n) is 9.02. The van der Waals surface area contributed by atoms with Crippen molar-refractivity contribution >= 4 is 11.9 Å². The van der Waals surface area contributed by atoms with Crippen LogP contribution < -0.4 is 0 Å². The van der Waals surface area contributed by atoms with Crippen LogP contribution in [0.5, 0.6) is 0 Å². The first-order chi connectivity index (χ1) is 15.0. The van der Waals surface area contributed by atoms with Crippen LogP contribution >= 0.6 is 0 Å². The monoisotopic (exact) mass is 432 g/mol. The lowest BCUT2D eigenvalue weighted by Crippen LogP contribution is -2.41. The Morgan fingerprint density at radius 3 is 2.48 bits per heavy atom. The molecule has 2 aliphatic heterocycles. The Kier molecular flexibility index (Phi) is 8.90. The van der Waals surface area contributed by atoms with Crippen LogP contribution in [0.4, 0.5) is 0 Å². The molecular weight excluding hydrogens is 396 g/mol. The van der Waals surface area contributed by atoms with Crippen LogP contribution in [0.2, 0.25) is 0 Å². The third-order valence-electron chi connectivity index (χ3n) is 6.21. The average Bonchev–Trinajstić information content (AvgIpc) is 2.73. The summed E-state index contributed by atoms with van der Waals surface area (Å²) in [6, 6.07) is 9.01. The fraction of sp³-hybridized carbons (Fsp3) is 0.680. The number of esters is 2. The molecule has 6 atom stereocenters. The van der Waals surface area contributed by atoms with Gasteiger partial charge in [-0.2, -0.15) is 0 Å².